The van der Waals surface area contributed by atoms with Crippen LogP contribution in [0, 0.1) is 11.7 Å². The lowest BCUT2D eigenvalue weighted by molar-refractivity contribution is -0.138. The van der Waals surface area contributed by atoms with Gasteiger partial charge in [0.15, 0.2) is 0 Å². The lowest BCUT2D eigenvalue weighted by Crippen LogP contribution is -2.01. The summed E-state index contributed by atoms with van der Waals surface area (Å²) in [6.07, 6.45) is 5.69. The summed E-state index contributed by atoms with van der Waals surface area (Å²) in [4.78, 5) is 14.7. The van der Waals surface area contributed by atoms with Gasteiger partial charge in [-0.15, -0.1) is 0 Å². The van der Waals surface area contributed by atoms with Crippen LogP contribution in [0.1, 0.15) is 23.5 Å². The van der Waals surface area contributed by atoms with Gasteiger partial charge < -0.3 is 9.67 Å². The molecule has 1 aliphatic carbocycles. The first kappa shape index (κ1) is 11.9. The van der Waals surface area contributed by atoms with E-state index in [1.165, 1.54) is 6.07 Å². The molecule has 4 nitrogen and oxygen atoms in total. The minimum Gasteiger partial charge on any atom is -0.481 e. The Morgan fingerprint density at radius 1 is 1.53 bits per heavy atom. The summed E-state index contributed by atoms with van der Waals surface area (Å²) in [5.41, 5.74) is 1.36. The highest BCUT2D eigenvalue weighted by atomic mass is 19.1. The molecule has 2 atom stereocenters. The Kier molecular flexibility index (Phi) is 2.81. The van der Waals surface area contributed by atoms with Gasteiger partial charge in [-0.2, -0.15) is 0 Å². The first-order chi connectivity index (χ1) is 9.15. The quantitative estimate of drug-likeness (QED) is 0.917. The Morgan fingerprint density at radius 3 is 2.95 bits per heavy atom. The lowest BCUT2D eigenvalue weighted by Gasteiger charge is -2.06. The molecule has 1 saturated carbocycles. The number of carboxylic acids is 1. The number of aromatic nitrogens is 2. The topological polar surface area (TPSA) is 55.1 Å². The molecule has 0 radical (unpaired) electrons. The maximum Gasteiger partial charge on any atom is 0.307 e. The molecule has 1 N–H and O–H groups in total. The highest BCUT2D eigenvalue weighted by molar-refractivity contribution is 5.75. The molecule has 98 valence electrons. The smallest absolute Gasteiger partial charge is 0.307 e. The maximum atomic E-state index is 14.0. The summed E-state index contributed by atoms with van der Waals surface area (Å²) in [6, 6.07) is 5.03. The van der Waals surface area contributed by atoms with Gasteiger partial charge >= 0.3 is 5.97 Å². The first-order valence-corrected chi connectivity index (χ1v) is 6.12. The zero-order valence-electron chi connectivity index (χ0n) is 10.2. The van der Waals surface area contributed by atoms with E-state index in [2.05, 4.69) is 4.98 Å². The van der Waals surface area contributed by atoms with E-state index in [-0.39, 0.29) is 11.7 Å². The van der Waals surface area contributed by atoms with Gasteiger partial charge in [0.05, 0.1) is 12.2 Å². The summed E-state index contributed by atoms with van der Waals surface area (Å²) < 4.78 is 15.8. The molecule has 1 aromatic heterocycles. The van der Waals surface area contributed by atoms with Crippen molar-refractivity contribution in [2.24, 2.45) is 5.92 Å². The minimum atomic E-state index is -0.841. The fourth-order valence-corrected chi connectivity index (χ4v) is 2.37. The van der Waals surface area contributed by atoms with E-state index in [1.807, 2.05) is 16.8 Å². The van der Waals surface area contributed by atoms with Crippen LogP contribution in [0.5, 0.6) is 0 Å². The van der Waals surface area contributed by atoms with Crippen molar-refractivity contribution < 1.29 is 14.3 Å². The third kappa shape index (κ3) is 2.36. The van der Waals surface area contributed by atoms with Crippen molar-refractivity contribution in [2.45, 2.75) is 18.9 Å². The van der Waals surface area contributed by atoms with E-state index in [0.29, 0.717) is 18.5 Å². The van der Waals surface area contributed by atoms with Crippen LogP contribution in [0.3, 0.4) is 0 Å². The predicted octanol–water partition coefficient (Wildman–Crippen LogP) is 2.26. The highest BCUT2D eigenvalue weighted by Crippen LogP contribution is 2.48. The van der Waals surface area contributed by atoms with Crippen molar-refractivity contribution in [3.8, 4) is 0 Å². The molecule has 19 heavy (non-hydrogen) atoms. The molecule has 2 aromatic rings. The fraction of sp³-hybridized carbons (Fsp3) is 0.286. The van der Waals surface area contributed by atoms with Crippen LogP contribution in [0.4, 0.5) is 4.39 Å². The lowest BCUT2D eigenvalue weighted by atomic mass is 10.1. The van der Waals surface area contributed by atoms with Crippen LogP contribution in [-0.4, -0.2) is 20.6 Å². The third-order valence-corrected chi connectivity index (χ3v) is 3.50. The van der Waals surface area contributed by atoms with Gasteiger partial charge in [-0.3, -0.25) is 4.79 Å². The van der Waals surface area contributed by atoms with Gasteiger partial charge in [-0.25, -0.2) is 9.37 Å². The zero-order chi connectivity index (χ0) is 13.4. The molecular formula is C14H13FN2O2. The normalized spacial score (nSPS) is 21.3. The summed E-state index contributed by atoms with van der Waals surface area (Å²) in [5, 5.41) is 8.87. The van der Waals surface area contributed by atoms with E-state index in [1.54, 1.807) is 18.6 Å². The van der Waals surface area contributed by atoms with Crippen molar-refractivity contribution in [1.29, 1.82) is 0 Å². The standard InChI is InChI=1S/C14H13FN2O2/c15-13-5-9(7-17-4-3-16-8-17)1-2-10(13)11-6-12(11)14(18)19/h1-5,8,11-12H,6-7H2,(H,18,19)/t11-,12+/m0/s1. The molecule has 5 heteroatoms. The number of hydrogen-bond donors (Lipinski definition) is 1. The average molecular weight is 260 g/mol. The van der Waals surface area contributed by atoms with Crippen LogP contribution >= 0.6 is 0 Å². The Hall–Kier alpha value is -2.17. The number of imidazole rings is 1. The molecule has 0 spiro atoms. The van der Waals surface area contributed by atoms with Gasteiger partial charge in [0.1, 0.15) is 5.82 Å². The molecule has 1 fully saturated rings. The molecule has 0 amide bonds. The highest BCUT2D eigenvalue weighted by Gasteiger charge is 2.45. The van der Waals surface area contributed by atoms with Gasteiger partial charge in [-0.1, -0.05) is 12.1 Å². The molecular weight excluding hydrogens is 247 g/mol. The summed E-state index contributed by atoms with van der Waals surface area (Å²) in [6.45, 7) is 0.560. The van der Waals surface area contributed by atoms with Crippen LogP contribution in [-0.2, 0) is 11.3 Å². The second-order valence-electron chi connectivity index (χ2n) is 4.88. The Morgan fingerprint density at radius 2 is 2.37 bits per heavy atom. The van der Waals surface area contributed by atoms with Gasteiger partial charge in [0.25, 0.3) is 0 Å². The number of rotatable bonds is 4. The minimum absolute atomic E-state index is 0.167. The zero-order valence-corrected chi connectivity index (χ0v) is 10.2. The van der Waals surface area contributed by atoms with Gasteiger partial charge in [-0.05, 0) is 23.6 Å². The number of carbonyl (C=O) groups is 1. The van der Waals surface area contributed by atoms with Crippen molar-refractivity contribution in [1.82, 2.24) is 9.55 Å². The fourth-order valence-electron chi connectivity index (χ4n) is 2.37. The number of aliphatic carboxylic acids is 1. The number of halogens is 1. The number of hydrogen-bond acceptors (Lipinski definition) is 2. The van der Waals surface area contributed by atoms with E-state index in [4.69, 9.17) is 5.11 Å². The number of benzene rings is 1. The number of carboxylic acid groups (broad SMARTS) is 1. The molecule has 0 unspecified atom stereocenters. The van der Waals surface area contributed by atoms with Crippen LogP contribution in [0.15, 0.2) is 36.9 Å². The molecule has 0 bridgehead atoms. The third-order valence-electron chi connectivity index (χ3n) is 3.50. The molecule has 1 aromatic carbocycles. The van der Waals surface area contributed by atoms with Gasteiger partial charge in [0.2, 0.25) is 0 Å². The Labute approximate surface area is 109 Å². The van der Waals surface area contributed by atoms with E-state index >= 15 is 0 Å². The molecule has 0 saturated heterocycles. The van der Waals surface area contributed by atoms with Crippen molar-refractivity contribution in [3.05, 3.63) is 53.9 Å². The number of nitrogens with zero attached hydrogens (tertiary/aromatic N) is 2. The van der Waals surface area contributed by atoms with Gasteiger partial charge in [0, 0.05) is 24.9 Å². The van der Waals surface area contributed by atoms with Crippen LogP contribution < -0.4 is 0 Å². The van der Waals surface area contributed by atoms with Crippen molar-refractivity contribution in [2.75, 3.05) is 0 Å². The second-order valence-corrected chi connectivity index (χ2v) is 4.88. The summed E-state index contributed by atoms with van der Waals surface area (Å²) >= 11 is 0. The van der Waals surface area contributed by atoms with Crippen LogP contribution in [0.25, 0.3) is 0 Å². The predicted molar refractivity (Wildman–Crippen MR) is 66.2 cm³/mol. The molecule has 1 aliphatic rings. The first-order valence-electron chi connectivity index (χ1n) is 6.12. The average Bonchev–Trinajstić information content (AvgIpc) is 3.00. The Balaban J connectivity index is 1.77. The maximum absolute atomic E-state index is 14.0. The van der Waals surface area contributed by atoms with Crippen molar-refractivity contribution in [3.63, 3.8) is 0 Å². The summed E-state index contributed by atoms with van der Waals surface area (Å²) in [5.74, 6) is -1.74. The largest absolute Gasteiger partial charge is 0.481 e. The monoisotopic (exact) mass is 260 g/mol. The van der Waals surface area contributed by atoms with Crippen LogP contribution in [0.2, 0.25) is 0 Å². The molecule has 3 rings (SSSR count). The van der Waals surface area contributed by atoms with E-state index in [0.717, 1.165) is 5.56 Å². The second kappa shape index (κ2) is 4.50. The van der Waals surface area contributed by atoms with E-state index in [9.17, 15) is 9.18 Å². The SMILES string of the molecule is O=C(O)[C@@H]1C[C@H]1c1ccc(Cn2ccnc2)cc1F. The molecule has 0 aliphatic heterocycles. The summed E-state index contributed by atoms with van der Waals surface area (Å²) in [7, 11) is 0. The van der Waals surface area contributed by atoms with E-state index < -0.39 is 11.9 Å². The molecule has 1 heterocycles. The van der Waals surface area contributed by atoms with Crippen molar-refractivity contribution >= 4 is 5.97 Å². The Bertz CT molecular complexity index is 610.